The summed E-state index contributed by atoms with van der Waals surface area (Å²) in [6, 6.07) is 5.23. The molecule has 1 aromatic carbocycles. The average Bonchev–Trinajstić information content (AvgIpc) is 2.74. The molecule has 0 aliphatic heterocycles. The van der Waals surface area contributed by atoms with Gasteiger partial charge in [0.2, 0.25) is 11.8 Å². The Bertz CT molecular complexity index is 803. The maximum absolute atomic E-state index is 13.3. The van der Waals surface area contributed by atoms with E-state index in [-0.39, 0.29) is 19.1 Å². The largest absolute Gasteiger partial charge is 0.444 e. The Morgan fingerprint density at radius 3 is 2.52 bits per heavy atom. The number of aliphatic hydroxyl groups is 1. The highest BCUT2D eigenvalue weighted by molar-refractivity contribution is 5.92. The van der Waals surface area contributed by atoms with Gasteiger partial charge in [0.1, 0.15) is 17.7 Å². The van der Waals surface area contributed by atoms with E-state index in [0.717, 1.165) is 24.8 Å². The van der Waals surface area contributed by atoms with Crippen LogP contribution in [0.4, 0.5) is 4.79 Å². The van der Waals surface area contributed by atoms with Crippen molar-refractivity contribution < 1.29 is 24.2 Å². The van der Waals surface area contributed by atoms with Crippen LogP contribution >= 0.6 is 0 Å². The first-order chi connectivity index (χ1) is 15.5. The predicted molar refractivity (Wildman–Crippen MR) is 129 cm³/mol. The number of benzene rings is 1. The molecule has 3 amide bonds. The second kappa shape index (κ2) is 13.6. The number of hydrogen-bond donors (Lipinski definition) is 3. The normalized spacial score (nSPS) is 12.9. The highest BCUT2D eigenvalue weighted by atomic mass is 16.6. The number of nitrogens with zero attached hydrogens (tertiary/aromatic N) is 1. The second-order valence-electron chi connectivity index (χ2n) is 8.90. The van der Waals surface area contributed by atoms with Crippen LogP contribution in [0.2, 0.25) is 0 Å². The van der Waals surface area contributed by atoms with Crippen LogP contribution in [-0.4, -0.2) is 59.3 Å². The van der Waals surface area contributed by atoms with Gasteiger partial charge < -0.3 is 25.4 Å². The first kappa shape index (κ1) is 28.2. The molecule has 33 heavy (non-hydrogen) atoms. The Balaban J connectivity index is 3.21. The topological polar surface area (TPSA) is 108 Å². The zero-order chi connectivity index (χ0) is 25.0. The standard InChI is InChI=1S/C25H39N3O5/c1-7-9-10-14-26-22(30)21(20-13-11-12-19(8-2)17-20)28(15-16-29)23(31)18(3)27-24(32)33-25(4,5)6/h8,11-13,17-18,21,29H,2,7,9-10,14-16H2,1,3-6H3,(H,26,30)(H,27,32). The zero-order valence-electron chi connectivity index (χ0n) is 20.5. The summed E-state index contributed by atoms with van der Waals surface area (Å²) in [6.45, 7) is 12.6. The number of unbranched alkanes of at least 4 members (excludes halogenated alkanes) is 2. The highest BCUT2D eigenvalue weighted by Gasteiger charge is 2.34. The molecule has 0 heterocycles. The van der Waals surface area contributed by atoms with Crippen LogP contribution in [0.15, 0.2) is 30.8 Å². The molecule has 1 aromatic rings. The molecular formula is C25H39N3O5. The minimum absolute atomic E-state index is 0.0788. The molecule has 0 spiro atoms. The maximum Gasteiger partial charge on any atom is 0.408 e. The lowest BCUT2D eigenvalue weighted by molar-refractivity contribution is -0.142. The number of ether oxygens (including phenoxy) is 1. The quantitative estimate of drug-likeness (QED) is 0.414. The Morgan fingerprint density at radius 1 is 1.24 bits per heavy atom. The zero-order valence-corrected chi connectivity index (χ0v) is 20.5. The molecule has 2 unspecified atom stereocenters. The van der Waals surface area contributed by atoms with Gasteiger partial charge in [0.05, 0.1) is 6.61 Å². The Morgan fingerprint density at radius 2 is 1.94 bits per heavy atom. The van der Waals surface area contributed by atoms with E-state index in [9.17, 15) is 19.5 Å². The van der Waals surface area contributed by atoms with E-state index in [0.29, 0.717) is 12.1 Å². The van der Waals surface area contributed by atoms with Gasteiger partial charge in [-0.2, -0.15) is 0 Å². The molecule has 0 aromatic heterocycles. The highest BCUT2D eigenvalue weighted by Crippen LogP contribution is 2.24. The minimum atomic E-state index is -0.978. The van der Waals surface area contributed by atoms with Gasteiger partial charge in [-0.05, 0) is 51.3 Å². The summed E-state index contributed by atoms with van der Waals surface area (Å²) in [5.74, 6) is -0.855. The van der Waals surface area contributed by atoms with Crippen molar-refractivity contribution in [3.63, 3.8) is 0 Å². The van der Waals surface area contributed by atoms with Crippen LogP contribution in [0.3, 0.4) is 0 Å². The molecule has 0 fully saturated rings. The van der Waals surface area contributed by atoms with Crippen molar-refractivity contribution in [1.29, 1.82) is 0 Å². The Hall–Kier alpha value is -2.87. The SMILES string of the molecule is C=Cc1cccc(C(C(=O)NCCCCC)N(CCO)C(=O)C(C)NC(=O)OC(C)(C)C)c1. The van der Waals surface area contributed by atoms with E-state index < -0.39 is 29.7 Å². The van der Waals surface area contributed by atoms with Crippen LogP contribution in [0.1, 0.15) is 71.0 Å². The number of hydrogen-bond acceptors (Lipinski definition) is 5. The van der Waals surface area contributed by atoms with Gasteiger partial charge in [0.15, 0.2) is 0 Å². The lowest BCUT2D eigenvalue weighted by atomic mass is 10.0. The molecule has 3 N–H and O–H groups in total. The van der Waals surface area contributed by atoms with Gasteiger partial charge in [-0.25, -0.2) is 4.79 Å². The summed E-state index contributed by atoms with van der Waals surface area (Å²) in [5.41, 5.74) is 0.670. The molecule has 2 atom stereocenters. The molecule has 184 valence electrons. The molecule has 8 heteroatoms. The number of carbonyl (C=O) groups excluding carboxylic acids is 3. The minimum Gasteiger partial charge on any atom is -0.444 e. The number of amides is 3. The summed E-state index contributed by atoms with van der Waals surface area (Å²) in [4.78, 5) is 40.0. The number of alkyl carbamates (subject to hydrolysis) is 1. The van der Waals surface area contributed by atoms with Gasteiger partial charge in [0.25, 0.3) is 0 Å². The third kappa shape index (κ3) is 9.65. The monoisotopic (exact) mass is 461 g/mol. The van der Waals surface area contributed by atoms with Crippen LogP contribution in [0, 0.1) is 0 Å². The van der Waals surface area contributed by atoms with Crippen LogP contribution < -0.4 is 10.6 Å². The van der Waals surface area contributed by atoms with Crippen LogP contribution in [0.5, 0.6) is 0 Å². The second-order valence-corrected chi connectivity index (χ2v) is 8.90. The lowest BCUT2D eigenvalue weighted by Crippen LogP contribution is -2.52. The molecule has 0 aliphatic carbocycles. The number of nitrogens with one attached hydrogen (secondary N) is 2. The maximum atomic E-state index is 13.3. The van der Waals surface area contributed by atoms with Crippen molar-refractivity contribution in [2.45, 2.75) is 71.6 Å². The van der Waals surface area contributed by atoms with Crippen molar-refractivity contribution in [2.75, 3.05) is 19.7 Å². The van der Waals surface area contributed by atoms with Crippen molar-refractivity contribution in [3.8, 4) is 0 Å². The fourth-order valence-electron chi connectivity index (χ4n) is 3.28. The average molecular weight is 462 g/mol. The molecule has 0 saturated carbocycles. The first-order valence-corrected chi connectivity index (χ1v) is 11.4. The number of carbonyl (C=O) groups is 3. The van der Waals surface area contributed by atoms with Crippen molar-refractivity contribution in [3.05, 3.63) is 42.0 Å². The summed E-state index contributed by atoms with van der Waals surface area (Å²) >= 11 is 0. The fourth-order valence-corrected chi connectivity index (χ4v) is 3.28. The van der Waals surface area contributed by atoms with Gasteiger partial charge in [-0.3, -0.25) is 9.59 Å². The molecular weight excluding hydrogens is 422 g/mol. The van der Waals surface area contributed by atoms with E-state index in [1.165, 1.54) is 11.8 Å². The van der Waals surface area contributed by atoms with Gasteiger partial charge >= 0.3 is 6.09 Å². The van der Waals surface area contributed by atoms with Crippen molar-refractivity contribution in [2.24, 2.45) is 0 Å². The van der Waals surface area contributed by atoms with Gasteiger partial charge in [0, 0.05) is 13.1 Å². The van der Waals surface area contributed by atoms with Crippen molar-refractivity contribution >= 4 is 24.0 Å². The fraction of sp³-hybridized carbons (Fsp3) is 0.560. The van der Waals surface area contributed by atoms with Crippen LogP contribution in [-0.2, 0) is 14.3 Å². The van der Waals surface area contributed by atoms with E-state index in [4.69, 9.17) is 4.74 Å². The molecule has 0 saturated heterocycles. The third-order valence-electron chi connectivity index (χ3n) is 4.83. The lowest BCUT2D eigenvalue weighted by Gasteiger charge is -2.33. The molecule has 1 rings (SSSR count). The molecule has 0 radical (unpaired) electrons. The number of aliphatic hydroxyl groups excluding tert-OH is 1. The summed E-state index contributed by atoms with van der Waals surface area (Å²) in [7, 11) is 0. The molecule has 0 bridgehead atoms. The summed E-state index contributed by atoms with van der Waals surface area (Å²) in [5, 5.41) is 15.1. The van der Waals surface area contributed by atoms with Gasteiger partial charge in [-0.15, -0.1) is 0 Å². The van der Waals surface area contributed by atoms with E-state index in [1.807, 2.05) is 6.07 Å². The summed E-state index contributed by atoms with van der Waals surface area (Å²) < 4.78 is 5.24. The first-order valence-electron chi connectivity index (χ1n) is 11.4. The Labute approximate surface area is 197 Å². The smallest absolute Gasteiger partial charge is 0.408 e. The number of rotatable bonds is 12. The van der Waals surface area contributed by atoms with Crippen molar-refractivity contribution in [1.82, 2.24) is 15.5 Å². The van der Waals surface area contributed by atoms with Gasteiger partial charge in [-0.1, -0.05) is 50.6 Å². The Kier molecular flexibility index (Phi) is 11.6. The molecule has 8 nitrogen and oxygen atoms in total. The molecule has 0 aliphatic rings. The van der Waals surface area contributed by atoms with E-state index in [2.05, 4.69) is 24.1 Å². The predicted octanol–water partition coefficient (Wildman–Crippen LogP) is 3.41. The van der Waals surface area contributed by atoms with Crippen LogP contribution in [0.25, 0.3) is 6.08 Å². The van der Waals surface area contributed by atoms with E-state index >= 15 is 0 Å². The third-order valence-corrected chi connectivity index (χ3v) is 4.83. The summed E-state index contributed by atoms with van der Waals surface area (Å²) in [6.07, 6.45) is 3.74. The van der Waals surface area contributed by atoms with E-state index in [1.54, 1.807) is 45.0 Å².